The van der Waals surface area contributed by atoms with Crippen molar-refractivity contribution in [3.05, 3.63) is 65.8 Å². The van der Waals surface area contributed by atoms with Crippen LogP contribution in [0.2, 0.25) is 0 Å². The Morgan fingerprint density at radius 1 is 1.23 bits per heavy atom. The van der Waals surface area contributed by atoms with Gasteiger partial charge in [0, 0.05) is 20.2 Å². The first-order valence-corrected chi connectivity index (χ1v) is 6.95. The second-order valence-corrected chi connectivity index (χ2v) is 4.98. The van der Waals surface area contributed by atoms with Gasteiger partial charge in [-0.15, -0.1) is 0 Å². The van der Waals surface area contributed by atoms with Crippen molar-refractivity contribution >= 4 is 5.97 Å². The molecule has 0 aliphatic rings. The molecule has 0 aliphatic carbocycles. The first-order valence-electron chi connectivity index (χ1n) is 6.95. The highest BCUT2D eigenvalue weighted by molar-refractivity contribution is 5.93. The van der Waals surface area contributed by atoms with Gasteiger partial charge in [-0.2, -0.15) is 0 Å². The number of hydrogen-bond acceptors (Lipinski definition) is 4. The third-order valence-electron chi connectivity index (χ3n) is 3.32. The highest BCUT2D eigenvalue weighted by Crippen LogP contribution is 2.25. The Labute approximate surface area is 128 Å². The topological polar surface area (TPSA) is 57.3 Å². The molecule has 0 unspecified atom stereocenters. The molecular weight excluding hydrogens is 280 g/mol. The number of ether oxygens (including phenoxy) is 1. The molecule has 22 heavy (non-hydrogen) atoms. The third-order valence-corrected chi connectivity index (χ3v) is 3.32. The van der Waals surface area contributed by atoms with Crippen LogP contribution in [0, 0.1) is 6.92 Å². The number of carbonyl (C=O) groups is 1. The summed E-state index contributed by atoms with van der Waals surface area (Å²) in [6, 6.07) is 13.3. The van der Waals surface area contributed by atoms with Gasteiger partial charge in [0.2, 0.25) is 0 Å². The van der Waals surface area contributed by atoms with E-state index in [0.717, 1.165) is 11.3 Å². The zero-order valence-electron chi connectivity index (χ0n) is 12.4. The number of aromatic nitrogens is 2. The van der Waals surface area contributed by atoms with Crippen molar-refractivity contribution in [1.82, 2.24) is 9.55 Å². The average molecular weight is 296 g/mol. The predicted molar refractivity (Wildman–Crippen MR) is 81.2 cm³/mol. The molecule has 0 saturated carbocycles. The van der Waals surface area contributed by atoms with Gasteiger partial charge >= 0.3 is 5.97 Å². The Hall–Kier alpha value is -2.82. The molecule has 5 nitrogen and oxygen atoms in total. The number of rotatable bonds is 4. The van der Waals surface area contributed by atoms with E-state index in [0.29, 0.717) is 11.7 Å². The number of carbonyl (C=O) groups excluding carboxylic acids is 1. The second kappa shape index (κ2) is 5.89. The fourth-order valence-corrected chi connectivity index (χ4v) is 2.23. The van der Waals surface area contributed by atoms with Gasteiger partial charge in [0.25, 0.3) is 0 Å². The second-order valence-electron chi connectivity index (χ2n) is 4.98. The smallest absolute Gasteiger partial charge is 0.361 e. The van der Waals surface area contributed by atoms with Crippen molar-refractivity contribution in [3.8, 4) is 11.5 Å². The van der Waals surface area contributed by atoms with E-state index in [4.69, 9.17) is 9.15 Å². The molecule has 3 rings (SSSR count). The summed E-state index contributed by atoms with van der Waals surface area (Å²) >= 11 is 0. The van der Waals surface area contributed by atoms with Crippen molar-refractivity contribution in [2.24, 2.45) is 7.05 Å². The van der Waals surface area contributed by atoms with Crippen LogP contribution < -0.4 is 0 Å². The van der Waals surface area contributed by atoms with Crippen LogP contribution in [0.4, 0.5) is 0 Å². The molecule has 2 heterocycles. The van der Waals surface area contributed by atoms with Crippen LogP contribution in [0.25, 0.3) is 11.5 Å². The fourth-order valence-electron chi connectivity index (χ4n) is 2.23. The predicted octanol–water partition coefficient (Wildman–Crippen LogP) is 3.35. The zero-order valence-corrected chi connectivity index (χ0v) is 12.4. The summed E-state index contributed by atoms with van der Waals surface area (Å²) in [6.45, 7) is 1.92. The minimum absolute atomic E-state index is 0.204. The lowest BCUT2D eigenvalue weighted by Crippen LogP contribution is -2.07. The first-order chi connectivity index (χ1) is 10.6. The van der Waals surface area contributed by atoms with E-state index in [-0.39, 0.29) is 12.3 Å². The number of esters is 1. The summed E-state index contributed by atoms with van der Waals surface area (Å²) < 4.78 is 12.8. The van der Waals surface area contributed by atoms with Crippen LogP contribution in [0.3, 0.4) is 0 Å². The minimum Gasteiger partial charge on any atom is -0.456 e. The summed E-state index contributed by atoms with van der Waals surface area (Å²) in [6.07, 6.45) is 1.88. The number of aryl methyl sites for hydroxylation is 2. The number of oxazole rings is 1. The van der Waals surface area contributed by atoms with Crippen LogP contribution in [0.5, 0.6) is 0 Å². The van der Waals surface area contributed by atoms with Crippen molar-refractivity contribution in [1.29, 1.82) is 0 Å². The van der Waals surface area contributed by atoms with Crippen molar-refractivity contribution in [3.63, 3.8) is 0 Å². The van der Waals surface area contributed by atoms with E-state index < -0.39 is 5.97 Å². The average Bonchev–Trinajstić information content (AvgIpc) is 3.11. The normalized spacial score (nSPS) is 10.6. The largest absolute Gasteiger partial charge is 0.456 e. The van der Waals surface area contributed by atoms with Gasteiger partial charge in [-0.1, -0.05) is 30.3 Å². The number of benzene rings is 1. The maximum atomic E-state index is 12.3. The molecule has 0 bridgehead atoms. The summed E-state index contributed by atoms with van der Waals surface area (Å²) in [5, 5.41) is 0. The summed E-state index contributed by atoms with van der Waals surface area (Å²) in [5.74, 6) is 0.378. The highest BCUT2D eigenvalue weighted by atomic mass is 16.5. The molecule has 112 valence electrons. The quantitative estimate of drug-likeness (QED) is 0.693. The molecule has 2 aromatic heterocycles. The standard InChI is InChI=1S/C17H16N2O3/c1-12-18-15(16(22-12)14-9-6-10-19(14)2)17(20)21-11-13-7-4-3-5-8-13/h3-10H,11H2,1-2H3. The first kappa shape index (κ1) is 14.1. The highest BCUT2D eigenvalue weighted by Gasteiger charge is 2.23. The van der Waals surface area contributed by atoms with Gasteiger partial charge in [-0.3, -0.25) is 0 Å². The summed E-state index contributed by atoms with van der Waals surface area (Å²) in [5.41, 5.74) is 1.92. The third kappa shape index (κ3) is 2.79. The summed E-state index contributed by atoms with van der Waals surface area (Å²) in [7, 11) is 1.88. The van der Waals surface area contributed by atoms with E-state index in [2.05, 4.69) is 4.98 Å². The van der Waals surface area contributed by atoms with Crippen molar-refractivity contribution in [2.75, 3.05) is 0 Å². The van der Waals surface area contributed by atoms with Gasteiger partial charge in [0.05, 0.1) is 5.69 Å². The van der Waals surface area contributed by atoms with Crippen LogP contribution in [-0.2, 0) is 18.4 Å². The monoisotopic (exact) mass is 296 g/mol. The molecular formula is C17H16N2O3. The molecule has 0 spiro atoms. The van der Waals surface area contributed by atoms with Crippen molar-refractivity contribution in [2.45, 2.75) is 13.5 Å². The molecule has 0 atom stereocenters. The Morgan fingerprint density at radius 3 is 2.68 bits per heavy atom. The Bertz CT molecular complexity index is 787. The fraction of sp³-hybridized carbons (Fsp3) is 0.176. The van der Waals surface area contributed by atoms with Gasteiger partial charge in [0.1, 0.15) is 6.61 Å². The molecule has 3 aromatic rings. The SMILES string of the molecule is Cc1nc(C(=O)OCc2ccccc2)c(-c2cccn2C)o1. The van der Waals surface area contributed by atoms with Crippen molar-refractivity contribution < 1.29 is 13.9 Å². The minimum atomic E-state index is -0.489. The summed E-state index contributed by atoms with van der Waals surface area (Å²) in [4.78, 5) is 16.5. The van der Waals surface area contributed by atoms with Gasteiger partial charge in [-0.05, 0) is 17.7 Å². The lowest BCUT2D eigenvalue weighted by atomic mass is 10.2. The van der Waals surface area contributed by atoms with Crippen LogP contribution in [0.1, 0.15) is 21.9 Å². The molecule has 0 radical (unpaired) electrons. The van der Waals surface area contributed by atoms with E-state index in [1.165, 1.54) is 0 Å². The van der Waals surface area contributed by atoms with E-state index in [1.54, 1.807) is 6.92 Å². The maximum absolute atomic E-state index is 12.3. The van der Waals surface area contributed by atoms with Gasteiger partial charge in [0.15, 0.2) is 17.3 Å². The van der Waals surface area contributed by atoms with Crippen LogP contribution >= 0.6 is 0 Å². The molecule has 5 heteroatoms. The molecule has 1 aromatic carbocycles. The van der Waals surface area contributed by atoms with Crippen LogP contribution in [0.15, 0.2) is 53.1 Å². The van der Waals surface area contributed by atoms with Crippen LogP contribution in [-0.4, -0.2) is 15.5 Å². The number of nitrogens with zero attached hydrogens (tertiary/aromatic N) is 2. The lowest BCUT2D eigenvalue weighted by molar-refractivity contribution is 0.0467. The van der Waals surface area contributed by atoms with Gasteiger partial charge < -0.3 is 13.7 Å². The van der Waals surface area contributed by atoms with E-state index >= 15 is 0 Å². The maximum Gasteiger partial charge on any atom is 0.361 e. The molecule has 0 fully saturated rings. The Kier molecular flexibility index (Phi) is 3.78. The van der Waals surface area contributed by atoms with E-state index in [9.17, 15) is 4.79 Å². The lowest BCUT2D eigenvalue weighted by Gasteiger charge is -2.05. The molecule has 0 aliphatic heterocycles. The molecule has 0 saturated heterocycles. The Balaban J connectivity index is 1.83. The molecule has 0 N–H and O–H groups in total. The molecule has 0 amide bonds. The number of hydrogen-bond donors (Lipinski definition) is 0. The Morgan fingerprint density at radius 2 is 2.00 bits per heavy atom. The zero-order chi connectivity index (χ0) is 15.5. The van der Waals surface area contributed by atoms with E-state index in [1.807, 2.05) is 60.3 Å². The van der Waals surface area contributed by atoms with Gasteiger partial charge in [-0.25, -0.2) is 9.78 Å².